The van der Waals surface area contributed by atoms with Crippen LogP contribution in [0.2, 0.25) is 5.02 Å². The molecule has 1 N–H and O–H groups in total. The minimum absolute atomic E-state index is 0.0879. The van der Waals surface area contributed by atoms with Crippen LogP contribution < -0.4 is 4.90 Å². The van der Waals surface area contributed by atoms with Gasteiger partial charge in [-0.05, 0) is 56.9 Å². The van der Waals surface area contributed by atoms with Gasteiger partial charge < -0.3 is 19.6 Å². The third-order valence-electron chi connectivity index (χ3n) is 8.13. The normalized spacial score (nSPS) is 29.3. The quantitative estimate of drug-likeness (QED) is 0.215. The Labute approximate surface area is 234 Å². The highest BCUT2D eigenvalue weighted by Crippen LogP contribution is 2.71. The molecule has 38 heavy (non-hydrogen) atoms. The lowest BCUT2D eigenvalue weighted by Gasteiger charge is -2.37. The number of halogens is 1. The topological polar surface area (TPSA) is 87.1 Å². The van der Waals surface area contributed by atoms with Crippen molar-refractivity contribution in [1.82, 2.24) is 4.90 Å². The van der Waals surface area contributed by atoms with E-state index in [1.165, 1.54) is 6.08 Å². The van der Waals surface area contributed by atoms with Gasteiger partial charge in [-0.2, -0.15) is 0 Å². The number of carbonyl (C=O) groups excluding carboxylic acids is 3. The van der Waals surface area contributed by atoms with Gasteiger partial charge in [0, 0.05) is 35.2 Å². The number of likely N-dealkylation sites (tertiary alicyclic amines) is 1. The Bertz CT molecular complexity index is 1080. The SMILES string of the molecule is C=CCOC(=O)[C@H]1[C@H]2C(=O)N(CCCCCCO)C(C(=O)N(CC=C)c3ccc(Cl)cc3)C23CC[C@]1(C)S3. The van der Waals surface area contributed by atoms with Crippen LogP contribution in [-0.4, -0.2) is 69.6 Å². The van der Waals surface area contributed by atoms with Crippen LogP contribution >= 0.6 is 23.4 Å². The summed E-state index contributed by atoms with van der Waals surface area (Å²) in [6.07, 6.45) is 7.72. The van der Waals surface area contributed by atoms with Gasteiger partial charge in [0.05, 0.1) is 16.6 Å². The summed E-state index contributed by atoms with van der Waals surface area (Å²) >= 11 is 7.74. The van der Waals surface area contributed by atoms with Crippen molar-refractivity contribution in [2.45, 2.75) is 61.0 Å². The Morgan fingerprint density at radius 1 is 1.18 bits per heavy atom. The number of fused-ring (bicyclic) bond motifs is 1. The molecule has 1 spiro atoms. The molecular weight excluding hydrogens is 524 g/mol. The van der Waals surface area contributed by atoms with Crippen molar-refractivity contribution in [2.75, 3.05) is 31.2 Å². The van der Waals surface area contributed by atoms with E-state index in [9.17, 15) is 14.4 Å². The van der Waals surface area contributed by atoms with Gasteiger partial charge in [-0.15, -0.1) is 18.3 Å². The molecule has 206 valence electrons. The number of hydrogen-bond acceptors (Lipinski definition) is 6. The molecule has 3 fully saturated rings. The minimum Gasteiger partial charge on any atom is -0.461 e. The van der Waals surface area contributed by atoms with E-state index in [-0.39, 0.29) is 31.6 Å². The number of benzene rings is 1. The number of ether oxygens (including phenoxy) is 1. The lowest BCUT2D eigenvalue weighted by Crippen LogP contribution is -2.55. The zero-order valence-electron chi connectivity index (χ0n) is 21.9. The maximum Gasteiger partial charge on any atom is 0.311 e. The number of unbranched alkanes of at least 4 members (excludes halogenated alkanes) is 3. The van der Waals surface area contributed by atoms with Crippen LogP contribution in [0.15, 0.2) is 49.6 Å². The fourth-order valence-electron chi connectivity index (χ4n) is 6.50. The summed E-state index contributed by atoms with van der Waals surface area (Å²) in [6, 6.07) is 6.36. The van der Waals surface area contributed by atoms with Gasteiger partial charge in [0.15, 0.2) is 0 Å². The van der Waals surface area contributed by atoms with E-state index in [4.69, 9.17) is 21.4 Å². The molecule has 0 aliphatic carbocycles. The third kappa shape index (κ3) is 5.03. The number of rotatable bonds is 13. The van der Waals surface area contributed by atoms with Crippen LogP contribution in [-0.2, 0) is 19.1 Å². The first-order chi connectivity index (χ1) is 18.2. The van der Waals surface area contributed by atoms with Gasteiger partial charge in [0.2, 0.25) is 5.91 Å². The molecule has 0 aromatic heterocycles. The second kappa shape index (κ2) is 11.8. The number of thioether (sulfide) groups is 1. The largest absolute Gasteiger partial charge is 0.461 e. The molecule has 1 aromatic rings. The molecule has 3 aliphatic heterocycles. The number of aliphatic hydroxyl groups excluding tert-OH is 1. The molecule has 3 heterocycles. The Morgan fingerprint density at radius 3 is 2.55 bits per heavy atom. The number of anilines is 1. The lowest BCUT2D eigenvalue weighted by molar-refractivity contribution is -0.154. The smallest absolute Gasteiger partial charge is 0.311 e. The number of amides is 2. The maximum atomic E-state index is 14.5. The van der Waals surface area contributed by atoms with Crippen molar-refractivity contribution >= 4 is 46.8 Å². The molecule has 9 heteroatoms. The minimum atomic E-state index is -0.711. The highest BCUT2D eigenvalue weighted by Gasteiger charge is 2.77. The molecule has 2 unspecified atom stereocenters. The average molecular weight is 561 g/mol. The fraction of sp³-hybridized carbons (Fsp3) is 0.552. The van der Waals surface area contributed by atoms with E-state index >= 15 is 0 Å². The van der Waals surface area contributed by atoms with Crippen molar-refractivity contribution < 1.29 is 24.2 Å². The van der Waals surface area contributed by atoms with Crippen LogP contribution in [0.1, 0.15) is 45.4 Å². The third-order valence-corrected chi connectivity index (χ3v) is 10.4. The number of carbonyl (C=O) groups is 3. The van der Waals surface area contributed by atoms with E-state index in [0.29, 0.717) is 36.5 Å². The predicted molar refractivity (Wildman–Crippen MR) is 151 cm³/mol. The summed E-state index contributed by atoms with van der Waals surface area (Å²) in [5, 5.41) is 9.70. The van der Waals surface area contributed by atoms with Gasteiger partial charge in [-0.1, -0.05) is 43.2 Å². The second-order valence-electron chi connectivity index (χ2n) is 10.5. The first-order valence-corrected chi connectivity index (χ1v) is 14.5. The standard InChI is InChI=1S/C29H37ClN2O5S/c1-4-16-31(21-12-10-20(30)11-13-21)26(35)24-29-15-14-28(3,38-29)23(27(36)37-19-5-2)22(29)25(34)32(24)17-8-6-7-9-18-33/h4-5,10-13,22-24,33H,1-2,6-9,14-19H2,3H3/t22-,23+,24?,28-,29?/m0/s1. The van der Waals surface area contributed by atoms with Crippen molar-refractivity contribution in [3.05, 3.63) is 54.6 Å². The molecule has 1 aromatic carbocycles. The Hall–Kier alpha value is -2.29. The van der Waals surface area contributed by atoms with Crippen molar-refractivity contribution in [2.24, 2.45) is 11.8 Å². The molecule has 3 aliphatic rings. The molecule has 0 radical (unpaired) electrons. The van der Waals surface area contributed by atoms with E-state index in [2.05, 4.69) is 13.2 Å². The van der Waals surface area contributed by atoms with Crippen LogP contribution in [0.5, 0.6) is 0 Å². The summed E-state index contributed by atoms with van der Waals surface area (Å²) in [4.78, 5) is 45.3. The summed E-state index contributed by atoms with van der Waals surface area (Å²) in [5.41, 5.74) is 0.681. The molecule has 2 bridgehead atoms. The number of nitrogens with zero attached hydrogens (tertiary/aromatic N) is 2. The van der Waals surface area contributed by atoms with E-state index in [1.807, 2.05) is 6.92 Å². The maximum absolute atomic E-state index is 14.5. The lowest BCUT2D eigenvalue weighted by atomic mass is 9.66. The van der Waals surface area contributed by atoms with E-state index < -0.39 is 33.3 Å². The Morgan fingerprint density at radius 2 is 1.89 bits per heavy atom. The van der Waals surface area contributed by atoms with Gasteiger partial charge >= 0.3 is 5.97 Å². The highest BCUT2D eigenvalue weighted by molar-refractivity contribution is 8.02. The summed E-state index contributed by atoms with van der Waals surface area (Å²) in [7, 11) is 0. The monoisotopic (exact) mass is 560 g/mol. The first kappa shape index (κ1) is 28.7. The van der Waals surface area contributed by atoms with Crippen molar-refractivity contribution in [3.63, 3.8) is 0 Å². The zero-order chi connectivity index (χ0) is 27.5. The van der Waals surface area contributed by atoms with Crippen LogP contribution in [0.25, 0.3) is 0 Å². The van der Waals surface area contributed by atoms with Gasteiger partial charge in [0.1, 0.15) is 12.6 Å². The fourth-order valence-corrected chi connectivity index (χ4v) is 8.97. The molecule has 7 nitrogen and oxygen atoms in total. The Kier molecular flexibility index (Phi) is 8.95. The van der Waals surface area contributed by atoms with Crippen LogP contribution in [0.4, 0.5) is 5.69 Å². The number of hydrogen-bond donors (Lipinski definition) is 1. The summed E-state index contributed by atoms with van der Waals surface area (Å²) < 4.78 is 4.29. The van der Waals surface area contributed by atoms with Crippen molar-refractivity contribution in [1.29, 1.82) is 0 Å². The first-order valence-electron chi connectivity index (χ1n) is 13.3. The molecule has 5 atom stereocenters. The average Bonchev–Trinajstić information content (AvgIpc) is 3.46. The second-order valence-corrected chi connectivity index (χ2v) is 12.9. The zero-order valence-corrected chi connectivity index (χ0v) is 23.5. The molecular formula is C29H37ClN2O5S. The van der Waals surface area contributed by atoms with Crippen LogP contribution in [0.3, 0.4) is 0 Å². The van der Waals surface area contributed by atoms with Gasteiger partial charge in [-0.3, -0.25) is 14.4 Å². The molecule has 0 saturated carbocycles. The summed E-state index contributed by atoms with van der Waals surface area (Å²) in [5.74, 6) is -1.94. The van der Waals surface area contributed by atoms with E-state index in [0.717, 1.165) is 19.3 Å². The molecule has 4 rings (SSSR count). The predicted octanol–water partition coefficient (Wildman–Crippen LogP) is 4.62. The van der Waals surface area contributed by atoms with Gasteiger partial charge in [-0.25, -0.2) is 0 Å². The highest BCUT2D eigenvalue weighted by atomic mass is 35.5. The number of esters is 1. The van der Waals surface area contributed by atoms with Crippen molar-refractivity contribution in [3.8, 4) is 0 Å². The van der Waals surface area contributed by atoms with Crippen LogP contribution in [0, 0.1) is 11.8 Å². The molecule has 2 amide bonds. The van der Waals surface area contributed by atoms with E-state index in [1.54, 1.807) is 51.9 Å². The Balaban J connectivity index is 1.72. The molecule has 3 saturated heterocycles. The number of aliphatic hydroxyl groups is 1. The van der Waals surface area contributed by atoms with Gasteiger partial charge in [0.25, 0.3) is 5.91 Å². The summed E-state index contributed by atoms with van der Waals surface area (Å²) in [6.45, 7) is 10.4.